The van der Waals surface area contributed by atoms with Gasteiger partial charge < -0.3 is 10.0 Å². The van der Waals surface area contributed by atoms with E-state index in [-0.39, 0.29) is 17.0 Å². The molecular weight excluding hydrogens is 240 g/mol. The van der Waals surface area contributed by atoms with E-state index in [9.17, 15) is 13.6 Å². The van der Waals surface area contributed by atoms with Crippen molar-refractivity contribution in [3.63, 3.8) is 0 Å². The van der Waals surface area contributed by atoms with Crippen molar-refractivity contribution in [1.82, 2.24) is 4.90 Å². The van der Waals surface area contributed by atoms with Crippen molar-refractivity contribution in [2.45, 2.75) is 32.9 Å². The minimum Gasteiger partial charge on any atom is -0.392 e. The van der Waals surface area contributed by atoms with Crippen LogP contribution in [0.25, 0.3) is 0 Å². The number of aliphatic hydroxyl groups excluding tert-OH is 1. The van der Waals surface area contributed by atoms with Crippen LogP contribution in [0.5, 0.6) is 0 Å². The maximum Gasteiger partial charge on any atom is 0.219 e. The normalized spacial score (nSPS) is 12.3. The zero-order valence-electron chi connectivity index (χ0n) is 10.7. The Kier molecular flexibility index (Phi) is 4.78. The Hall–Kier alpha value is -1.49. The van der Waals surface area contributed by atoms with Gasteiger partial charge in [-0.15, -0.1) is 0 Å². The first-order valence-corrected chi connectivity index (χ1v) is 5.75. The maximum atomic E-state index is 13.9. The quantitative estimate of drug-likeness (QED) is 0.899. The second-order valence-corrected chi connectivity index (χ2v) is 4.15. The van der Waals surface area contributed by atoms with Crippen LogP contribution in [0.3, 0.4) is 0 Å². The summed E-state index contributed by atoms with van der Waals surface area (Å²) in [4.78, 5) is 12.7. The van der Waals surface area contributed by atoms with Crippen LogP contribution in [0.15, 0.2) is 12.1 Å². The number of carbonyl (C=O) groups excluding carboxylic acids is 1. The molecule has 100 valence electrons. The van der Waals surface area contributed by atoms with Crippen LogP contribution in [-0.4, -0.2) is 23.0 Å². The molecule has 1 amide bonds. The highest BCUT2D eigenvalue weighted by Crippen LogP contribution is 2.28. The van der Waals surface area contributed by atoms with Gasteiger partial charge in [0.1, 0.15) is 0 Å². The van der Waals surface area contributed by atoms with E-state index >= 15 is 0 Å². The molecule has 5 heteroatoms. The molecule has 1 aromatic rings. The summed E-state index contributed by atoms with van der Waals surface area (Å²) in [7, 11) is 1.55. The number of hydrogen-bond acceptors (Lipinski definition) is 2. The number of aliphatic hydroxyl groups is 1. The number of rotatable bonds is 4. The summed E-state index contributed by atoms with van der Waals surface area (Å²) >= 11 is 0. The third-order valence-electron chi connectivity index (χ3n) is 3.07. The van der Waals surface area contributed by atoms with E-state index in [4.69, 9.17) is 5.11 Å². The van der Waals surface area contributed by atoms with Crippen LogP contribution in [0.2, 0.25) is 0 Å². The fraction of sp³-hybridized carbons (Fsp3) is 0.462. The van der Waals surface area contributed by atoms with Crippen molar-refractivity contribution < 1.29 is 18.7 Å². The minimum absolute atomic E-state index is 0.0865. The van der Waals surface area contributed by atoms with E-state index in [1.807, 2.05) is 0 Å². The van der Waals surface area contributed by atoms with E-state index in [0.717, 1.165) is 0 Å². The molecule has 18 heavy (non-hydrogen) atoms. The standard InChI is InChI=1S/C13H17F2NO2/c1-4-11(16(3)8(2)18)10-6-5-9(7-17)12(14)13(10)15/h5-6,11,17H,4,7H2,1-3H3. The summed E-state index contributed by atoms with van der Waals surface area (Å²) in [5, 5.41) is 8.86. The summed E-state index contributed by atoms with van der Waals surface area (Å²) in [5.74, 6) is -2.26. The number of hydrogen-bond donors (Lipinski definition) is 1. The number of carbonyl (C=O) groups is 1. The van der Waals surface area contributed by atoms with Crippen molar-refractivity contribution in [2.75, 3.05) is 7.05 Å². The van der Waals surface area contributed by atoms with Gasteiger partial charge in [-0.05, 0) is 6.42 Å². The fourth-order valence-electron chi connectivity index (χ4n) is 1.91. The summed E-state index contributed by atoms with van der Waals surface area (Å²) in [6, 6.07) is 2.24. The van der Waals surface area contributed by atoms with Crippen molar-refractivity contribution in [3.05, 3.63) is 34.9 Å². The highest BCUT2D eigenvalue weighted by atomic mass is 19.2. The van der Waals surface area contributed by atoms with E-state index in [0.29, 0.717) is 6.42 Å². The van der Waals surface area contributed by atoms with Crippen molar-refractivity contribution in [1.29, 1.82) is 0 Å². The summed E-state index contributed by atoms with van der Waals surface area (Å²) in [6.07, 6.45) is 0.477. The monoisotopic (exact) mass is 257 g/mol. The maximum absolute atomic E-state index is 13.9. The van der Waals surface area contributed by atoms with Gasteiger partial charge in [0.2, 0.25) is 5.91 Å². The lowest BCUT2D eigenvalue weighted by Gasteiger charge is -2.27. The summed E-state index contributed by atoms with van der Waals surface area (Å²) in [5.41, 5.74) is 0.0430. The van der Waals surface area contributed by atoms with E-state index in [1.54, 1.807) is 14.0 Å². The fourth-order valence-corrected chi connectivity index (χ4v) is 1.91. The molecular formula is C13H17F2NO2. The van der Waals surface area contributed by atoms with Gasteiger partial charge >= 0.3 is 0 Å². The van der Waals surface area contributed by atoms with Crippen LogP contribution in [0, 0.1) is 11.6 Å². The molecule has 1 unspecified atom stereocenters. The number of benzene rings is 1. The van der Waals surface area contributed by atoms with Crippen molar-refractivity contribution in [2.24, 2.45) is 0 Å². The molecule has 0 spiro atoms. The lowest BCUT2D eigenvalue weighted by molar-refractivity contribution is -0.129. The molecule has 0 bridgehead atoms. The molecule has 0 heterocycles. The first-order valence-electron chi connectivity index (χ1n) is 5.75. The molecule has 0 saturated carbocycles. The summed E-state index contributed by atoms with van der Waals surface area (Å²) in [6.45, 7) is 2.61. The van der Waals surface area contributed by atoms with E-state index in [1.165, 1.54) is 24.0 Å². The van der Waals surface area contributed by atoms with Crippen LogP contribution < -0.4 is 0 Å². The molecule has 0 fully saturated rings. The number of amides is 1. The predicted molar refractivity (Wildman–Crippen MR) is 63.8 cm³/mol. The van der Waals surface area contributed by atoms with Gasteiger partial charge in [-0.3, -0.25) is 4.79 Å². The van der Waals surface area contributed by atoms with E-state index in [2.05, 4.69) is 0 Å². The van der Waals surface area contributed by atoms with Crippen LogP contribution in [0.1, 0.15) is 37.4 Å². The molecule has 1 aromatic carbocycles. The van der Waals surface area contributed by atoms with Gasteiger partial charge in [-0.25, -0.2) is 8.78 Å². The Morgan fingerprint density at radius 2 is 2.00 bits per heavy atom. The number of nitrogens with zero attached hydrogens (tertiary/aromatic N) is 1. The molecule has 0 aliphatic carbocycles. The highest BCUT2D eigenvalue weighted by molar-refractivity contribution is 5.73. The second kappa shape index (κ2) is 5.91. The van der Waals surface area contributed by atoms with E-state index < -0.39 is 24.3 Å². The Labute approximate surface area is 105 Å². The Bertz CT molecular complexity index is 449. The first-order chi connectivity index (χ1) is 8.43. The molecule has 0 saturated heterocycles. The van der Waals surface area contributed by atoms with Crippen LogP contribution >= 0.6 is 0 Å². The molecule has 3 nitrogen and oxygen atoms in total. The third kappa shape index (κ3) is 2.67. The highest BCUT2D eigenvalue weighted by Gasteiger charge is 2.23. The van der Waals surface area contributed by atoms with Gasteiger partial charge in [0, 0.05) is 25.1 Å². The smallest absolute Gasteiger partial charge is 0.219 e. The van der Waals surface area contributed by atoms with Gasteiger partial charge in [-0.1, -0.05) is 19.1 Å². The first kappa shape index (κ1) is 14.6. The minimum atomic E-state index is -1.05. The van der Waals surface area contributed by atoms with Gasteiger partial charge in [0.05, 0.1) is 12.6 Å². The van der Waals surface area contributed by atoms with Crippen molar-refractivity contribution >= 4 is 5.91 Å². The Morgan fingerprint density at radius 1 is 1.39 bits per heavy atom. The molecule has 0 aliphatic rings. The van der Waals surface area contributed by atoms with Crippen LogP contribution in [-0.2, 0) is 11.4 Å². The Balaban J connectivity index is 3.23. The average Bonchev–Trinajstić information content (AvgIpc) is 2.35. The third-order valence-corrected chi connectivity index (χ3v) is 3.07. The van der Waals surface area contributed by atoms with Gasteiger partial charge in [0.15, 0.2) is 11.6 Å². The van der Waals surface area contributed by atoms with Crippen molar-refractivity contribution in [3.8, 4) is 0 Å². The largest absolute Gasteiger partial charge is 0.392 e. The molecule has 0 aliphatic heterocycles. The lowest BCUT2D eigenvalue weighted by Crippen LogP contribution is -2.29. The molecule has 0 radical (unpaired) electrons. The topological polar surface area (TPSA) is 40.5 Å². The zero-order chi connectivity index (χ0) is 13.9. The lowest BCUT2D eigenvalue weighted by atomic mass is 10.00. The summed E-state index contributed by atoms with van der Waals surface area (Å²) < 4.78 is 27.5. The second-order valence-electron chi connectivity index (χ2n) is 4.15. The number of halogens is 2. The predicted octanol–water partition coefficient (Wildman–Crippen LogP) is 2.39. The zero-order valence-corrected chi connectivity index (χ0v) is 10.7. The molecule has 0 aromatic heterocycles. The average molecular weight is 257 g/mol. The molecule has 1 N–H and O–H groups in total. The van der Waals surface area contributed by atoms with Crippen LogP contribution in [0.4, 0.5) is 8.78 Å². The molecule has 1 rings (SSSR count). The molecule has 1 atom stereocenters. The SMILES string of the molecule is CCC(c1ccc(CO)c(F)c1F)N(C)C(C)=O. The Morgan fingerprint density at radius 3 is 2.44 bits per heavy atom. The van der Waals surface area contributed by atoms with Gasteiger partial charge in [0.25, 0.3) is 0 Å². The van der Waals surface area contributed by atoms with Gasteiger partial charge in [-0.2, -0.15) is 0 Å².